The van der Waals surface area contributed by atoms with Crippen molar-refractivity contribution in [1.29, 1.82) is 0 Å². The monoisotopic (exact) mass is 301 g/mol. The molecule has 22 heavy (non-hydrogen) atoms. The first-order chi connectivity index (χ1) is 10.7. The largest absolute Gasteiger partial charge is 0.343 e. The fraction of sp³-hybridized carbons (Fsp3) is 0.533. The molecule has 7 nitrogen and oxygen atoms in total. The standard InChI is InChI=1S/C15H19N5O2/c1-10-12(8-16-11(2)18-10)15(21)20-7-5-3-4-6-13(20)14-17-9-22-19-14/h8-9,13H,3-7H2,1-2H3/t13-/m0/s1. The number of aromatic nitrogens is 4. The van der Waals surface area contributed by atoms with Crippen molar-refractivity contribution in [2.45, 2.75) is 45.6 Å². The van der Waals surface area contributed by atoms with Crippen molar-refractivity contribution in [2.24, 2.45) is 0 Å². The smallest absolute Gasteiger partial charge is 0.257 e. The van der Waals surface area contributed by atoms with Crippen LogP contribution in [-0.4, -0.2) is 37.5 Å². The van der Waals surface area contributed by atoms with Gasteiger partial charge in [-0.1, -0.05) is 18.0 Å². The zero-order chi connectivity index (χ0) is 15.5. The van der Waals surface area contributed by atoms with E-state index >= 15 is 0 Å². The second-order valence-corrected chi connectivity index (χ2v) is 5.57. The molecule has 0 unspecified atom stereocenters. The molecule has 0 N–H and O–H groups in total. The molecule has 2 aromatic rings. The van der Waals surface area contributed by atoms with Gasteiger partial charge in [0, 0.05) is 12.7 Å². The molecule has 1 aliphatic rings. The molecule has 7 heteroatoms. The Morgan fingerprint density at radius 1 is 1.27 bits per heavy atom. The fourth-order valence-electron chi connectivity index (χ4n) is 2.89. The van der Waals surface area contributed by atoms with Crippen LogP contribution in [0.4, 0.5) is 0 Å². The van der Waals surface area contributed by atoms with Gasteiger partial charge in [0.05, 0.1) is 17.3 Å². The van der Waals surface area contributed by atoms with Crippen molar-refractivity contribution >= 4 is 5.91 Å². The Kier molecular flexibility index (Phi) is 4.13. The first-order valence-electron chi connectivity index (χ1n) is 7.54. The fourth-order valence-corrected chi connectivity index (χ4v) is 2.89. The van der Waals surface area contributed by atoms with Crippen molar-refractivity contribution in [3.8, 4) is 0 Å². The summed E-state index contributed by atoms with van der Waals surface area (Å²) in [6.07, 6.45) is 6.89. The summed E-state index contributed by atoms with van der Waals surface area (Å²) in [5.74, 6) is 1.18. The highest BCUT2D eigenvalue weighted by atomic mass is 16.5. The van der Waals surface area contributed by atoms with Crippen LogP contribution in [0.5, 0.6) is 0 Å². The Hall–Kier alpha value is -2.31. The number of aryl methyl sites for hydroxylation is 2. The maximum atomic E-state index is 13.0. The number of nitrogens with zero attached hydrogens (tertiary/aromatic N) is 5. The van der Waals surface area contributed by atoms with Crippen LogP contribution >= 0.6 is 0 Å². The van der Waals surface area contributed by atoms with Gasteiger partial charge < -0.3 is 9.42 Å². The normalized spacial score (nSPS) is 19.0. The number of hydrogen-bond acceptors (Lipinski definition) is 6. The van der Waals surface area contributed by atoms with Crippen molar-refractivity contribution in [1.82, 2.24) is 25.0 Å². The lowest BCUT2D eigenvalue weighted by atomic mass is 10.1. The molecule has 0 saturated carbocycles. The topological polar surface area (TPSA) is 85.0 Å². The second kappa shape index (κ2) is 6.21. The van der Waals surface area contributed by atoms with Crippen LogP contribution < -0.4 is 0 Å². The predicted molar refractivity (Wildman–Crippen MR) is 78.0 cm³/mol. The van der Waals surface area contributed by atoms with Crippen LogP contribution in [0.25, 0.3) is 0 Å². The lowest BCUT2D eigenvalue weighted by Crippen LogP contribution is -2.36. The van der Waals surface area contributed by atoms with Crippen molar-refractivity contribution in [3.63, 3.8) is 0 Å². The van der Waals surface area contributed by atoms with Crippen LogP contribution in [-0.2, 0) is 0 Å². The summed E-state index contributed by atoms with van der Waals surface area (Å²) < 4.78 is 4.86. The summed E-state index contributed by atoms with van der Waals surface area (Å²) in [6, 6.07) is -0.144. The molecule has 3 heterocycles. The molecule has 3 rings (SSSR count). The van der Waals surface area contributed by atoms with Gasteiger partial charge in [0.2, 0.25) is 6.39 Å². The van der Waals surface area contributed by atoms with E-state index in [2.05, 4.69) is 20.1 Å². The zero-order valence-electron chi connectivity index (χ0n) is 12.8. The molecule has 0 spiro atoms. The number of likely N-dealkylation sites (tertiary alicyclic amines) is 1. The van der Waals surface area contributed by atoms with E-state index in [1.54, 1.807) is 6.20 Å². The van der Waals surface area contributed by atoms with Gasteiger partial charge in [-0.25, -0.2) is 9.97 Å². The van der Waals surface area contributed by atoms with E-state index in [0.717, 1.165) is 25.7 Å². The Morgan fingerprint density at radius 2 is 2.14 bits per heavy atom. The number of carbonyl (C=O) groups excluding carboxylic acids is 1. The number of rotatable bonds is 2. The molecule has 0 aromatic carbocycles. The molecular weight excluding hydrogens is 282 g/mol. The lowest BCUT2D eigenvalue weighted by molar-refractivity contribution is 0.0668. The number of amides is 1. The minimum Gasteiger partial charge on any atom is -0.343 e. The Labute approximate surface area is 128 Å². The van der Waals surface area contributed by atoms with Gasteiger partial charge in [0.25, 0.3) is 5.91 Å². The van der Waals surface area contributed by atoms with Gasteiger partial charge in [0.15, 0.2) is 5.82 Å². The highest BCUT2D eigenvalue weighted by Crippen LogP contribution is 2.29. The average Bonchev–Trinajstić information content (AvgIpc) is 2.91. The first-order valence-corrected chi connectivity index (χ1v) is 7.54. The quantitative estimate of drug-likeness (QED) is 0.845. The maximum absolute atomic E-state index is 13.0. The molecule has 0 aliphatic carbocycles. The van der Waals surface area contributed by atoms with E-state index in [-0.39, 0.29) is 11.9 Å². The van der Waals surface area contributed by atoms with Crippen LogP contribution in [0.2, 0.25) is 0 Å². The van der Waals surface area contributed by atoms with E-state index in [1.165, 1.54) is 6.39 Å². The van der Waals surface area contributed by atoms with Crippen molar-refractivity contribution in [2.75, 3.05) is 6.54 Å². The molecule has 2 aromatic heterocycles. The second-order valence-electron chi connectivity index (χ2n) is 5.57. The van der Waals surface area contributed by atoms with E-state index in [9.17, 15) is 4.79 Å². The maximum Gasteiger partial charge on any atom is 0.257 e. The Balaban J connectivity index is 1.93. The number of hydrogen-bond donors (Lipinski definition) is 0. The predicted octanol–water partition coefficient (Wildman–Crippen LogP) is 2.23. The Morgan fingerprint density at radius 3 is 2.86 bits per heavy atom. The third-order valence-corrected chi connectivity index (χ3v) is 4.02. The van der Waals surface area contributed by atoms with Crippen molar-refractivity contribution < 1.29 is 9.32 Å². The highest BCUT2D eigenvalue weighted by Gasteiger charge is 2.31. The number of carbonyl (C=O) groups is 1. The molecule has 1 fully saturated rings. The third-order valence-electron chi connectivity index (χ3n) is 4.02. The SMILES string of the molecule is Cc1ncc(C(=O)N2CCCCC[C@H]2c2ncon2)c(C)n1. The average molecular weight is 301 g/mol. The van der Waals surface area contributed by atoms with Gasteiger partial charge in [-0.3, -0.25) is 4.79 Å². The molecule has 1 amide bonds. The van der Waals surface area contributed by atoms with Gasteiger partial charge in [-0.15, -0.1) is 0 Å². The van der Waals surface area contributed by atoms with Crippen LogP contribution in [0, 0.1) is 13.8 Å². The summed E-state index contributed by atoms with van der Waals surface area (Å²) >= 11 is 0. The first kappa shape index (κ1) is 14.6. The molecule has 0 radical (unpaired) electrons. The van der Waals surface area contributed by atoms with Gasteiger partial charge in [-0.05, 0) is 26.7 Å². The summed E-state index contributed by atoms with van der Waals surface area (Å²) in [4.78, 5) is 27.4. The molecular formula is C15H19N5O2. The summed E-state index contributed by atoms with van der Waals surface area (Å²) in [7, 11) is 0. The van der Waals surface area contributed by atoms with E-state index < -0.39 is 0 Å². The minimum atomic E-state index is -0.144. The summed E-state index contributed by atoms with van der Waals surface area (Å²) in [5, 5.41) is 3.93. The molecule has 1 atom stereocenters. The van der Waals surface area contributed by atoms with Crippen molar-refractivity contribution in [3.05, 3.63) is 35.5 Å². The molecule has 116 valence electrons. The summed E-state index contributed by atoms with van der Waals surface area (Å²) in [6.45, 7) is 4.34. The van der Waals surface area contributed by atoms with Gasteiger partial charge >= 0.3 is 0 Å². The lowest BCUT2D eigenvalue weighted by Gasteiger charge is -2.28. The molecule has 1 aliphatic heterocycles. The summed E-state index contributed by atoms with van der Waals surface area (Å²) in [5.41, 5.74) is 1.25. The van der Waals surface area contributed by atoms with Crippen LogP contribution in [0.1, 0.15) is 59.4 Å². The highest BCUT2D eigenvalue weighted by molar-refractivity contribution is 5.95. The zero-order valence-corrected chi connectivity index (χ0v) is 12.8. The van der Waals surface area contributed by atoms with Crippen LogP contribution in [0.3, 0.4) is 0 Å². The van der Waals surface area contributed by atoms with E-state index in [1.807, 2.05) is 18.7 Å². The minimum absolute atomic E-state index is 0.0609. The third kappa shape index (κ3) is 2.84. The van der Waals surface area contributed by atoms with E-state index in [4.69, 9.17) is 4.52 Å². The Bertz CT molecular complexity index is 656. The van der Waals surface area contributed by atoms with E-state index in [0.29, 0.717) is 29.5 Å². The molecule has 0 bridgehead atoms. The molecule has 1 saturated heterocycles. The van der Waals surface area contributed by atoms with Crippen LogP contribution in [0.15, 0.2) is 17.1 Å². The van der Waals surface area contributed by atoms with Gasteiger partial charge in [0.1, 0.15) is 5.82 Å². The van der Waals surface area contributed by atoms with Gasteiger partial charge in [-0.2, -0.15) is 4.98 Å².